The fourth-order valence-corrected chi connectivity index (χ4v) is 3.70. The summed E-state index contributed by atoms with van der Waals surface area (Å²) < 4.78 is 2.09. The molecule has 0 N–H and O–H groups in total. The van der Waals surface area contributed by atoms with E-state index in [9.17, 15) is 0 Å². The first-order valence-electron chi connectivity index (χ1n) is 3.77. The lowest BCUT2D eigenvalue weighted by atomic mass is 10.1. The maximum absolute atomic E-state index is 5.93. The summed E-state index contributed by atoms with van der Waals surface area (Å²) in [5, 5.41) is 0. The minimum atomic E-state index is 0.850. The molecule has 2 rings (SSSR count). The molecule has 1 aromatic carbocycles. The molecule has 0 bridgehead atoms. The van der Waals surface area contributed by atoms with Gasteiger partial charge in [0.15, 0.2) is 0 Å². The number of rotatable bonds is 1. The molecule has 0 fully saturated rings. The SMILES string of the molecule is Clc1cc(-c2ccccc2)c(I)s1. The van der Waals surface area contributed by atoms with Gasteiger partial charge in [0.25, 0.3) is 0 Å². The zero-order chi connectivity index (χ0) is 9.26. The molecule has 0 aliphatic rings. The fourth-order valence-electron chi connectivity index (χ4n) is 1.15. The maximum Gasteiger partial charge on any atom is 0.0946 e. The second-order valence-electron chi connectivity index (χ2n) is 2.60. The molecule has 13 heavy (non-hydrogen) atoms. The summed E-state index contributed by atoms with van der Waals surface area (Å²) in [6.07, 6.45) is 0. The summed E-state index contributed by atoms with van der Waals surface area (Å²) in [5.41, 5.74) is 2.46. The third-order valence-corrected chi connectivity index (χ3v) is 4.04. The predicted molar refractivity (Wildman–Crippen MR) is 67.5 cm³/mol. The van der Waals surface area contributed by atoms with Crippen molar-refractivity contribution in [2.24, 2.45) is 0 Å². The quantitative estimate of drug-likeness (QED) is 0.670. The highest BCUT2D eigenvalue weighted by Gasteiger charge is 2.06. The van der Waals surface area contributed by atoms with Gasteiger partial charge in [-0.3, -0.25) is 0 Å². The molecule has 0 saturated carbocycles. The number of benzene rings is 1. The lowest BCUT2D eigenvalue weighted by molar-refractivity contribution is 1.67. The number of thiophene rings is 1. The van der Waals surface area contributed by atoms with Crippen LogP contribution in [-0.2, 0) is 0 Å². The largest absolute Gasteiger partial charge is 0.117 e. The molecule has 0 spiro atoms. The molecule has 2 aromatic rings. The van der Waals surface area contributed by atoms with E-state index in [1.54, 1.807) is 11.3 Å². The second-order valence-corrected chi connectivity index (χ2v) is 6.10. The normalized spacial score (nSPS) is 10.3. The molecule has 0 saturated heterocycles. The summed E-state index contributed by atoms with van der Waals surface area (Å²) in [7, 11) is 0. The Morgan fingerprint density at radius 3 is 2.38 bits per heavy atom. The van der Waals surface area contributed by atoms with Crippen molar-refractivity contribution >= 4 is 45.5 Å². The first-order chi connectivity index (χ1) is 6.27. The molecule has 0 amide bonds. The van der Waals surface area contributed by atoms with E-state index in [2.05, 4.69) is 34.7 Å². The highest BCUT2D eigenvalue weighted by atomic mass is 127. The van der Waals surface area contributed by atoms with Crippen molar-refractivity contribution in [1.29, 1.82) is 0 Å². The molecule has 0 nitrogen and oxygen atoms in total. The topological polar surface area (TPSA) is 0 Å². The first-order valence-corrected chi connectivity index (χ1v) is 6.05. The Kier molecular flexibility index (Phi) is 2.91. The van der Waals surface area contributed by atoms with Gasteiger partial charge in [-0.1, -0.05) is 41.9 Å². The average molecular weight is 321 g/mol. The minimum Gasteiger partial charge on any atom is -0.117 e. The van der Waals surface area contributed by atoms with Crippen LogP contribution in [0.3, 0.4) is 0 Å². The lowest BCUT2D eigenvalue weighted by Crippen LogP contribution is -1.73. The van der Waals surface area contributed by atoms with Crippen LogP contribution in [0.15, 0.2) is 36.4 Å². The summed E-state index contributed by atoms with van der Waals surface area (Å²) in [6, 6.07) is 12.3. The monoisotopic (exact) mass is 320 g/mol. The van der Waals surface area contributed by atoms with Gasteiger partial charge in [-0.2, -0.15) is 0 Å². The summed E-state index contributed by atoms with van der Waals surface area (Å²) >= 11 is 9.86. The summed E-state index contributed by atoms with van der Waals surface area (Å²) in [4.78, 5) is 0. The van der Waals surface area contributed by atoms with Crippen LogP contribution in [0.25, 0.3) is 11.1 Å². The zero-order valence-electron chi connectivity index (χ0n) is 6.63. The van der Waals surface area contributed by atoms with Crippen LogP contribution in [0.1, 0.15) is 0 Å². The number of hydrogen-bond acceptors (Lipinski definition) is 1. The van der Waals surface area contributed by atoms with Gasteiger partial charge in [-0.05, 0) is 34.2 Å². The molecule has 0 unspecified atom stereocenters. The molecule has 1 heterocycles. The van der Waals surface area contributed by atoms with Gasteiger partial charge in [-0.25, -0.2) is 0 Å². The van der Waals surface area contributed by atoms with Crippen molar-refractivity contribution in [2.45, 2.75) is 0 Å². The third kappa shape index (κ3) is 2.06. The summed E-state index contributed by atoms with van der Waals surface area (Å²) in [6.45, 7) is 0. The van der Waals surface area contributed by atoms with Gasteiger partial charge < -0.3 is 0 Å². The predicted octanol–water partition coefficient (Wildman–Crippen LogP) is 4.67. The van der Waals surface area contributed by atoms with E-state index < -0.39 is 0 Å². The van der Waals surface area contributed by atoms with Crippen LogP contribution in [0.2, 0.25) is 4.34 Å². The van der Waals surface area contributed by atoms with E-state index in [4.69, 9.17) is 11.6 Å². The molecular formula is C10H6ClIS. The maximum atomic E-state index is 5.93. The molecule has 0 atom stereocenters. The Bertz CT molecular complexity index is 408. The van der Waals surface area contributed by atoms with E-state index in [1.807, 2.05) is 24.3 Å². The summed E-state index contributed by atoms with van der Waals surface area (Å²) in [5.74, 6) is 0. The Hall–Kier alpha value is -0.0600. The Morgan fingerprint density at radius 2 is 1.85 bits per heavy atom. The minimum absolute atomic E-state index is 0.850. The number of halogens is 2. The van der Waals surface area contributed by atoms with Gasteiger partial charge in [0, 0.05) is 5.56 Å². The van der Waals surface area contributed by atoms with Crippen LogP contribution < -0.4 is 0 Å². The molecule has 0 radical (unpaired) electrons. The van der Waals surface area contributed by atoms with Crippen molar-refractivity contribution in [3.8, 4) is 11.1 Å². The zero-order valence-corrected chi connectivity index (χ0v) is 10.4. The molecule has 0 aliphatic carbocycles. The molecule has 3 heteroatoms. The smallest absolute Gasteiger partial charge is 0.0946 e. The molecule has 1 aromatic heterocycles. The van der Waals surface area contributed by atoms with Gasteiger partial charge in [-0.15, -0.1) is 11.3 Å². The van der Waals surface area contributed by atoms with E-state index in [1.165, 1.54) is 14.0 Å². The van der Waals surface area contributed by atoms with Crippen LogP contribution in [0.4, 0.5) is 0 Å². The van der Waals surface area contributed by atoms with Gasteiger partial charge in [0.05, 0.1) is 7.22 Å². The van der Waals surface area contributed by atoms with E-state index >= 15 is 0 Å². The third-order valence-electron chi connectivity index (χ3n) is 1.74. The van der Waals surface area contributed by atoms with Crippen molar-refractivity contribution in [3.05, 3.63) is 43.6 Å². The highest BCUT2D eigenvalue weighted by molar-refractivity contribution is 14.1. The standard InChI is InChI=1S/C10H6ClIS/c11-9-6-8(10(12)13-9)7-4-2-1-3-5-7/h1-6H. The highest BCUT2D eigenvalue weighted by Crippen LogP contribution is 2.34. The Morgan fingerprint density at radius 1 is 1.15 bits per heavy atom. The average Bonchev–Trinajstić information content (AvgIpc) is 2.47. The van der Waals surface area contributed by atoms with Crippen LogP contribution in [0.5, 0.6) is 0 Å². The first kappa shape index (κ1) is 9.49. The van der Waals surface area contributed by atoms with Gasteiger partial charge in [0.2, 0.25) is 0 Å². The van der Waals surface area contributed by atoms with E-state index in [0.29, 0.717) is 0 Å². The van der Waals surface area contributed by atoms with Crippen molar-refractivity contribution in [1.82, 2.24) is 0 Å². The Labute approximate surface area is 99.7 Å². The molecule has 0 aliphatic heterocycles. The van der Waals surface area contributed by atoms with E-state index in [0.717, 1.165) is 4.34 Å². The van der Waals surface area contributed by atoms with Crippen LogP contribution in [0, 0.1) is 2.88 Å². The van der Waals surface area contributed by atoms with Gasteiger partial charge in [0.1, 0.15) is 0 Å². The molecule has 66 valence electrons. The van der Waals surface area contributed by atoms with Crippen LogP contribution in [-0.4, -0.2) is 0 Å². The Balaban J connectivity index is 2.53. The second kappa shape index (κ2) is 3.98. The number of hydrogen-bond donors (Lipinski definition) is 0. The fraction of sp³-hybridized carbons (Fsp3) is 0. The van der Waals surface area contributed by atoms with E-state index in [-0.39, 0.29) is 0 Å². The van der Waals surface area contributed by atoms with Crippen molar-refractivity contribution in [3.63, 3.8) is 0 Å². The molecular weight excluding hydrogens is 315 g/mol. The van der Waals surface area contributed by atoms with Crippen LogP contribution >= 0.6 is 45.5 Å². The lowest BCUT2D eigenvalue weighted by Gasteiger charge is -1.96. The van der Waals surface area contributed by atoms with Crippen molar-refractivity contribution < 1.29 is 0 Å². The van der Waals surface area contributed by atoms with Gasteiger partial charge >= 0.3 is 0 Å². The van der Waals surface area contributed by atoms with Crippen molar-refractivity contribution in [2.75, 3.05) is 0 Å².